The fourth-order valence-electron chi connectivity index (χ4n) is 3.61. The lowest BCUT2D eigenvalue weighted by atomic mass is 10.2. The van der Waals surface area contributed by atoms with Crippen molar-refractivity contribution in [1.29, 1.82) is 0 Å². The zero-order valence-electron chi connectivity index (χ0n) is 18.9. The van der Waals surface area contributed by atoms with Crippen LogP contribution >= 0.6 is 0 Å². The van der Waals surface area contributed by atoms with E-state index < -0.39 is 12.3 Å². The Morgan fingerprint density at radius 1 is 1.15 bits per heavy atom. The lowest BCUT2D eigenvalue weighted by Crippen LogP contribution is -2.26. The van der Waals surface area contributed by atoms with Crippen LogP contribution in [0.5, 0.6) is 0 Å². The smallest absolute Gasteiger partial charge is 0.413 e. The number of anilines is 2. The van der Waals surface area contributed by atoms with Crippen LogP contribution in [0.25, 0.3) is 16.6 Å². The Labute approximate surface area is 190 Å². The molecular formula is C23H28F3N5O2. The number of halogens is 3. The van der Waals surface area contributed by atoms with Crippen molar-refractivity contribution < 1.29 is 22.7 Å². The predicted octanol–water partition coefficient (Wildman–Crippen LogP) is 6.07. The molecular weight excluding hydrogens is 435 g/mol. The summed E-state index contributed by atoms with van der Waals surface area (Å²) in [5.74, 6) is 1.53. The third-order valence-corrected chi connectivity index (χ3v) is 4.97. The second-order valence-electron chi connectivity index (χ2n) is 7.73. The Morgan fingerprint density at radius 2 is 1.88 bits per heavy atom. The minimum Gasteiger partial charge on any atom is -0.444 e. The molecule has 0 fully saturated rings. The lowest BCUT2D eigenvalue weighted by Gasteiger charge is -2.22. The molecule has 0 spiro atoms. The first-order valence-corrected chi connectivity index (χ1v) is 10.9. The van der Waals surface area contributed by atoms with Gasteiger partial charge in [0.1, 0.15) is 12.4 Å². The molecule has 7 nitrogen and oxygen atoms in total. The summed E-state index contributed by atoms with van der Waals surface area (Å²) in [5, 5.41) is 8.80. The van der Waals surface area contributed by atoms with Gasteiger partial charge in [0.25, 0.3) is 0 Å². The number of rotatable bonds is 7. The highest BCUT2D eigenvalue weighted by molar-refractivity contribution is 5.93. The number of carbonyl (C=O) groups is 1. The molecule has 2 aromatic heterocycles. The highest BCUT2D eigenvalue weighted by atomic mass is 19.4. The maximum atomic E-state index is 11.5. The lowest BCUT2D eigenvalue weighted by molar-refractivity contribution is -0.110. The molecule has 0 radical (unpaired) electrons. The van der Waals surface area contributed by atoms with Crippen molar-refractivity contribution >= 4 is 28.6 Å². The minimum absolute atomic E-state index is 0.183. The fraction of sp³-hybridized carbons (Fsp3) is 0.435. The van der Waals surface area contributed by atoms with Gasteiger partial charge in [-0.1, -0.05) is 32.4 Å². The van der Waals surface area contributed by atoms with Crippen molar-refractivity contribution in [3.8, 4) is 5.69 Å². The first-order chi connectivity index (χ1) is 15.7. The van der Waals surface area contributed by atoms with E-state index in [0.29, 0.717) is 5.82 Å². The number of ether oxygens (including phenoxy) is 1. The molecule has 0 aliphatic carbocycles. The quantitative estimate of drug-likeness (QED) is 0.461. The molecule has 0 saturated carbocycles. The van der Waals surface area contributed by atoms with Crippen molar-refractivity contribution in [2.45, 2.75) is 52.8 Å². The van der Waals surface area contributed by atoms with Crippen molar-refractivity contribution in [2.24, 2.45) is 0 Å². The van der Waals surface area contributed by atoms with Gasteiger partial charge in [-0.15, -0.1) is 5.10 Å². The number of nitrogens with zero attached hydrogens (tertiary/aromatic N) is 4. The summed E-state index contributed by atoms with van der Waals surface area (Å²) in [6, 6.07) is 10.2. The third-order valence-electron chi connectivity index (χ3n) is 4.97. The number of cyclic esters (lactones) is 1. The summed E-state index contributed by atoms with van der Waals surface area (Å²) in [4.78, 5) is 18.2. The molecule has 1 aliphatic heterocycles. The topological polar surface area (TPSA) is 72.3 Å². The molecule has 33 heavy (non-hydrogen) atoms. The second kappa shape index (κ2) is 10.5. The molecule has 1 amide bonds. The van der Waals surface area contributed by atoms with Crippen LogP contribution in [0, 0.1) is 0 Å². The summed E-state index contributed by atoms with van der Waals surface area (Å²) < 4.78 is 38.2. The van der Waals surface area contributed by atoms with Gasteiger partial charge in [-0.05, 0) is 31.0 Å². The number of unbranched alkanes of at least 4 members (excludes halogenated alkanes) is 1. The SMILES string of the molecule is CC(F)(F)F.CCCCN(CCC)c1nn(-c2ccnc3c2COC(=O)N3)c2ccccc12. The molecule has 10 heteroatoms. The van der Waals surface area contributed by atoms with Crippen molar-refractivity contribution in [3.05, 3.63) is 42.1 Å². The van der Waals surface area contributed by atoms with Crippen LogP contribution in [0.4, 0.5) is 29.6 Å². The van der Waals surface area contributed by atoms with Gasteiger partial charge in [0.05, 0.1) is 16.8 Å². The van der Waals surface area contributed by atoms with Crippen molar-refractivity contribution in [1.82, 2.24) is 14.8 Å². The van der Waals surface area contributed by atoms with E-state index in [0.717, 1.165) is 60.3 Å². The number of alkyl halides is 3. The largest absolute Gasteiger partial charge is 0.444 e. The van der Waals surface area contributed by atoms with Crippen LogP contribution in [0.15, 0.2) is 36.5 Å². The first-order valence-electron chi connectivity index (χ1n) is 10.9. The number of pyridine rings is 1. The predicted molar refractivity (Wildman–Crippen MR) is 122 cm³/mol. The third kappa shape index (κ3) is 6.15. The van der Waals surface area contributed by atoms with Gasteiger partial charge in [-0.3, -0.25) is 5.32 Å². The highest BCUT2D eigenvalue weighted by Crippen LogP contribution is 2.32. The molecule has 1 N–H and O–H groups in total. The molecule has 3 aromatic rings. The van der Waals surface area contributed by atoms with E-state index >= 15 is 0 Å². The summed E-state index contributed by atoms with van der Waals surface area (Å²) in [6.07, 6.45) is 0.558. The zero-order valence-corrected chi connectivity index (χ0v) is 18.9. The maximum absolute atomic E-state index is 11.5. The molecule has 178 valence electrons. The summed E-state index contributed by atoms with van der Waals surface area (Å²) in [6.45, 7) is 6.72. The molecule has 0 saturated heterocycles. The van der Waals surface area contributed by atoms with E-state index in [-0.39, 0.29) is 13.5 Å². The van der Waals surface area contributed by atoms with Gasteiger partial charge >= 0.3 is 12.3 Å². The van der Waals surface area contributed by atoms with Crippen LogP contribution in [-0.2, 0) is 11.3 Å². The molecule has 1 aromatic carbocycles. The Bertz CT molecular complexity index is 1090. The van der Waals surface area contributed by atoms with E-state index in [9.17, 15) is 18.0 Å². The van der Waals surface area contributed by atoms with Gasteiger partial charge in [-0.25, -0.2) is 14.5 Å². The van der Waals surface area contributed by atoms with Crippen LogP contribution < -0.4 is 10.2 Å². The highest BCUT2D eigenvalue weighted by Gasteiger charge is 2.24. The number of aromatic nitrogens is 3. The average molecular weight is 464 g/mol. The molecule has 0 unspecified atom stereocenters. The van der Waals surface area contributed by atoms with Crippen LogP contribution in [0.2, 0.25) is 0 Å². The number of hydrogen-bond donors (Lipinski definition) is 1. The molecule has 4 rings (SSSR count). The Kier molecular flexibility index (Phi) is 7.78. The molecule has 0 atom stereocenters. The van der Waals surface area contributed by atoms with E-state index in [2.05, 4.69) is 41.2 Å². The van der Waals surface area contributed by atoms with E-state index in [1.54, 1.807) is 6.20 Å². The fourth-order valence-corrected chi connectivity index (χ4v) is 3.61. The number of para-hydroxylation sites is 1. The van der Waals surface area contributed by atoms with Crippen LogP contribution in [-0.4, -0.2) is 40.1 Å². The van der Waals surface area contributed by atoms with Crippen molar-refractivity contribution in [3.63, 3.8) is 0 Å². The van der Waals surface area contributed by atoms with Crippen molar-refractivity contribution in [2.75, 3.05) is 23.3 Å². The van der Waals surface area contributed by atoms with E-state index in [1.807, 2.05) is 22.9 Å². The number of carbonyl (C=O) groups excluding carboxylic acids is 1. The monoisotopic (exact) mass is 463 g/mol. The first kappa shape index (κ1) is 24.3. The van der Waals surface area contributed by atoms with Gasteiger partial charge in [0, 0.05) is 31.6 Å². The van der Waals surface area contributed by atoms with Crippen LogP contribution in [0.3, 0.4) is 0 Å². The Hall–Kier alpha value is -3.30. The minimum atomic E-state index is -4.00. The number of hydrogen-bond acceptors (Lipinski definition) is 5. The number of amides is 1. The Morgan fingerprint density at radius 3 is 2.58 bits per heavy atom. The van der Waals surface area contributed by atoms with Gasteiger partial charge < -0.3 is 9.64 Å². The summed E-state index contributed by atoms with van der Waals surface area (Å²) in [7, 11) is 0. The summed E-state index contributed by atoms with van der Waals surface area (Å²) >= 11 is 0. The Balaban J connectivity index is 0.000000555. The van der Waals surface area contributed by atoms with Gasteiger partial charge in [0.2, 0.25) is 0 Å². The molecule has 0 bridgehead atoms. The van der Waals surface area contributed by atoms with E-state index in [1.165, 1.54) is 0 Å². The zero-order chi connectivity index (χ0) is 24.0. The number of benzene rings is 1. The average Bonchev–Trinajstić information content (AvgIpc) is 3.14. The maximum Gasteiger partial charge on any atom is 0.413 e. The normalized spacial score (nSPS) is 13.0. The molecule has 3 heterocycles. The number of nitrogens with one attached hydrogen (secondary N) is 1. The molecule has 1 aliphatic rings. The number of fused-ring (bicyclic) bond motifs is 2. The summed E-state index contributed by atoms with van der Waals surface area (Å²) in [5.41, 5.74) is 2.73. The van der Waals surface area contributed by atoms with Gasteiger partial charge in [-0.2, -0.15) is 13.2 Å². The second-order valence-corrected chi connectivity index (χ2v) is 7.73. The van der Waals surface area contributed by atoms with Gasteiger partial charge in [0.15, 0.2) is 5.82 Å². The van der Waals surface area contributed by atoms with Crippen LogP contribution in [0.1, 0.15) is 45.6 Å². The van der Waals surface area contributed by atoms with E-state index in [4.69, 9.17) is 9.84 Å². The standard InChI is InChI=1S/C21H25N5O2.C2H3F3/c1-3-5-13-25(12-4-2)20-15-8-6-7-9-17(15)26(24-20)18-10-11-22-19-16(18)14-28-21(27)23-19;1-2(3,4)5/h6-11H,3-5,12-14H2,1-2H3,(H,22,23,27);1H3.